The molecular formula is C22H22ClF4N3O2. The smallest absolute Gasteiger partial charge is 0.341 e. The van der Waals surface area contributed by atoms with Gasteiger partial charge in [-0.3, -0.25) is 14.5 Å². The number of carbonyl (C=O) groups excluding carboxylic acids is 2. The van der Waals surface area contributed by atoms with Crippen molar-refractivity contribution in [3.05, 3.63) is 64.4 Å². The van der Waals surface area contributed by atoms with Crippen molar-refractivity contribution < 1.29 is 27.2 Å². The van der Waals surface area contributed by atoms with Crippen molar-refractivity contribution in [3.8, 4) is 0 Å². The maximum Gasteiger partial charge on any atom is 0.416 e. The molecule has 1 aliphatic rings. The average molecular weight is 472 g/mol. The molecule has 1 heterocycles. The van der Waals surface area contributed by atoms with Gasteiger partial charge in [0.2, 0.25) is 11.8 Å². The lowest BCUT2D eigenvalue weighted by atomic mass is 10.1. The molecule has 1 aliphatic heterocycles. The van der Waals surface area contributed by atoms with E-state index in [0.717, 1.165) is 18.2 Å². The third-order valence-corrected chi connectivity index (χ3v) is 5.52. The summed E-state index contributed by atoms with van der Waals surface area (Å²) < 4.78 is 51.8. The highest BCUT2D eigenvalue weighted by atomic mass is 35.5. The quantitative estimate of drug-likeness (QED) is 0.665. The van der Waals surface area contributed by atoms with E-state index in [1.54, 1.807) is 4.90 Å². The minimum Gasteiger partial charge on any atom is -0.341 e. The Morgan fingerprint density at radius 3 is 2.41 bits per heavy atom. The summed E-state index contributed by atoms with van der Waals surface area (Å²) in [6.07, 6.45) is -4.13. The number of anilines is 1. The number of benzene rings is 2. The van der Waals surface area contributed by atoms with Gasteiger partial charge in [0.15, 0.2) is 0 Å². The second kappa shape index (κ2) is 10.3. The topological polar surface area (TPSA) is 52.7 Å². The van der Waals surface area contributed by atoms with Crippen LogP contribution in [-0.4, -0.2) is 54.3 Å². The second-order valence-corrected chi connectivity index (χ2v) is 7.95. The van der Waals surface area contributed by atoms with Crippen molar-refractivity contribution in [1.82, 2.24) is 9.80 Å². The predicted molar refractivity (Wildman–Crippen MR) is 113 cm³/mol. The van der Waals surface area contributed by atoms with Gasteiger partial charge in [0, 0.05) is 36.9 Å². The Morgan fingerprint density at radius 2 is 1.72 bits per heavy atom. The minimum atomic E-state index is -4.51. The van der Waals surface area contributed by atoms with Crippen molar-refractivity contribution >= 4 is 29.1 Å². The molecule has 2 aromatic carbocycles. The Labute approximate surface area is 187 Å². The molecule has 0 atom stereocenters. The van der Waals surface area contributed by atoms with Crippen LogP contribution in [0.3, 0.4) is 0 Å². The molecule has 0 aliphatic carbocycles. The Hall–Kier alpha value is -2.65. The van der Waals surface area contributed by atoms with Crippen LogP contribution in [0, 0.1) is 5.82 Å². The van der Waals surface area contributed by atoms with E-state index in [4.69, 9.17) is 11.6 Å². The van der Waals surface area contributed by atoms with Crippen LogP contribution in [0.5, 0.6) is 0 Å². The number of amides is 2. The zero-order valence-corrected chi connectivity index (χ0v) is 17.8. The molecule has 0 unspecified atom stereocenters. The van der Waals surface area contributed by atoms with E-state index in [0.29, 0.717) is 38.3 Å². The van der Waals surface area contributed by atoms with Crippen molar-refractivity contribution in [2.45, 2.75) is 19.0 Å². The number of halogens is 5. The van der Waals surface area contributed by atoms with Gasteiger partial charge in [-0.15, -0.1) is 0 Å². The Bertz CT molecular complexity index is 967. The first-order valence-corrected chi connectivity index (χ1v) is 10.4. The maximum atomic E-state index is 13.0. The monoisotopic (exact) mass is 471 g/mol. The van der Waals surface area contributed by atoms with Crippen LogP contribution >= 0.6 is 11.6 Å². The molecule has 3 rings (SSSR count). The Morgan fingerprint density at radius 1 is 1.00 bits per heavy atom. The molecule has 0 bridgehead atoms. The highest BCUT2D eigenvalue weighted by Crippen LogP contribution is 2.32. The first kappa shape index (κ1) is 24.0. The van der Waals surface area contributed by atoms with E-state index in [1.807, 2.05) is 4.90 Å². The van der Waals surface area contributed by atoms with E-state index in [-0.39, 0.29) is 35.4 Å². The Kier molecular flexibility index (Phi) is 7.73. The lowest BCUT2D eigenvalue weighted by Gasteiger charge is -2.22. The Balaban J connectivity index is 1.54. The highest BCUT2D eigenvalue weighted by Gasteiger charge is 2.31. The molecular weight excluding hydrogens is 450 g/mol. The van der Waals surface area contributed by atoms with Gasteiger partial charge < -0.3 is 10.2 Å². The van der Waals surface area contributed by atoms with E-state index in [2.05, 4.69) is 5.32 Å². The van der Waals surface area contributed by atoms with Gasteiger partial charge in [-0.2, -0.15) is 13.2 Å². The van der Waals surface area contributed by atoms with Crippen LogP contribution in [0.25, 0.3) is 0 Å². The number of hydrogen-bond acceptors (Lipinski definition) is 3. The molecule has 2 amide bonds. The summed E-state index contributed by atoms with van der Waals surface area (Å²) in [5.41, 5.74) is -0.230. The SMILES string of the molecule is O=C(CN1CCCN(C(=O)Cc2cc(C(F)(F)F)ccc2Cl)CC1)Nc1ccc(F)cc1. The predicted octanol–water partition coefficient (Wildman–Crippen LogP) is 4.21. The van der Waals surface area contributed by atoms with Gasteiger partial charge in [-0.25, -0.2) is 4.39 Å². The third kappa shape index (κ3) is 6.67. The fraction of sp³-hybridized carbons (Fsp3) is 0.364. The number of carbonyl (C=O) groups is 2. The number of hydrogen-bond donors (Lipinski definition) is 1. The average Bonchev–Trinajstić information content (AvgIpc) is 2.96. The minimum absolute atomic E-state index is 0.110. The van der Waals surface area contributed by atoms with Crippen LogP contribution in [-0.2, 0) is 22.2 Å². The van der Waals surface area contributed by atoms with E-state index >= 15 is 0 Å². The molecule has 172 valence electrons. The molecule has 0 radical (unpaired) electrons. The van der Waals surface area contributed by atoms with Crippen molar-refractivity contribution in [1.29, 1.82) is 0 Å². The van der Waals surface area contributed by atoms with Gasteiger partial charge >= 0.3 is 6.18 Å². The largest absolute Gasteiger partial charge is 0.416 e. The normalized spacial score (nSPS) is 15.3. The zero-order chi connectivity index (χ0) is 23.3. The molecule has 1 fully saturated rings. The van der Waals surface area contributed by atoms with Gasteiger partial charge in [0.05, 0.1) is 18.5 Å². The molecule has 10 heteroatoms. The van der Waals surface area contributed by atoms with Gasteiger partial charge in [0.25, 0.3) is 0 Å². The number of nitrogens with zero attached hydrogens (tertiary/aromatic N) is 2. The molecule has 1 saturated heterocycles. The summed E-state index contributed by atoms with van der Waals surface area (Å²) in [7, 11) is 0. The first-order valence-electron chi connectivity index (χ1n) is 10.0. The summed E-state index contributed by atoms with van der Waals surface area (Å²) in [6.45, 7) is 1.92. The number of nitrogens with one attached hydrogen (secondary N) is 1. The molecule has 0 saturated carbocycles. The van der Waals surface area contributed by atoms with Crippen LogP contribution in [0.15, 0.2) is 42.5 Å². The molecule has 0 spiro atoms. The third-order valence-electron chi connectivity index (χ3n) is 5.15. The van der Waals surface area contributed by atoms with Crippen LogP contribution in [0.4, 0.5) is 23.2 Å². The number of alkyl halides is 3. The standard InChI is InChI=1S/C22H22ClF4N3O2/c23-19-7-2-16(22(25,26)27)12-15(19)13-21(32)30-9-1-8-29(10-11-30)14-20(31)28-18-5-3-17(24)4-6-18/h2-7,12H,1,8-11,13-14H2,(H,28,31). The molecule has 5 nitrogen and oxygen atoms in total. The van der Waals surface area contributed by atoms with E-state index in [9.17, 15) is 27.2 Å². The summed E-state index contributed by atoms with van der Waals surface area (Å²) >= 11 is 6.01. The van der Waals surface area contributed by atoms with Crippen LogP contribution < -0.4 is 5.32 Å². The summed E-state index contributed by atoms with van der Waals surface area (Å²) in [5.74, 6) is -0.970. The first-order chi connectivity index (χ1) is 15.1. The van der Waals surface area contributed by atoms with Crippen molar-refractivity contribution in [2.75, 3.05) is 38.0 Å². The van der Waals surface area contributed by atoms with Crippen molar-refractivity contribution in [2.24, 2.45) is 0 Å². The fourth-order valence-corrected chi connectivity index (χ4v) is 3.66. The van der Waals surface area contributed by atoms with Gasteiger partial charge in [-0.1, -0.05) is 11.6 Å². The maximum absolute atomic E-state index is 13.0. The summed E-state index contributed by atoms with van der Waals surface area (Å²) in [6, 6.07) is 8.38. The molecule has 2 aromatic rings. The van der Waals surface area contributed by atoms with Crippen LogP contribution in [0.1, 0.15) is 17.5 Å². The summed E-state index contributed by atoms with van der Waals surface area (Å²) in [4.78, 5) is 28.4. The molecule has 0 aromatic heterocycles. The zero-order valence-electron chi connectivity index (χ0n) is 17.1. The number of rotatable bonds is 5. The molecule has 1 N–H and O–H groups in total. The fourth-order valence-electron chi connectivity index (χ4n) is 3.48. The van der Waals surface area contributed by atoms with Crippen LogP contribution in [0.2, 0.25) is 5.02 Å². The molecule has 32 heavy (non-hydrogen) atoms. The second-order valence-electron chi connectivity index (χ2n) is 7.55. The van der Waals surface area contributed by atoms with Gasteiger partial charge in [-0.05, 0) is 54.4 Å². The van der Waals surface area contributed by atoms with E-state index in [1.165, 1.54) is 24.3 Å². The lowest BCUT2D eigenvalue weighted by Crippen LogP contribution is -2.38. The summed E-state index contributed by atoms with van der Waals surface area (Å²) in [5, 5.41) is 2.80. The highest BCUT2D eigenvalue weighted by molar-refractivity contribution is 6.31. The van der Waals surface area contributed by atoms with Crippen molar-refractivity contribution in [3.63, 3.8) is 0 Å². The van der Waals surface area contributed by atoms with Gasteiger partial charge in [0.1, 0.15) is 5.82 Å². The lowest BCUT2D eigenvalue weighted by molar-refractivity contribution is -0.138. The van der Waals surface area contributed by atoms with E-state index < -0.39 is 17.6 Å².